The average molecular weight is 205 g/mol. The summed E-state index contributed by atoms with van der Waals surface area (Å²) < 4.78 is 0. The number of hydrazine groups is 1. The lowest BCUT2D eigenvalue weighted by Gasteiger charge is -2.14. The van der Waals surface area contributed by atoms with Crippen molar-refractivity contribution < 1.29 is 0 Å². The number of aromatic nitrogens is 1. The summed E-state index contributed by atoms with van der Waals surface area (Å²) in [6.45, 7) is 1.47. The molecule has 0 aromatic carbocycles. The number of nitrogens with zero attached hydrogens (tertiary/aromatic N) is 3. The van der Waals surface area contributed by atoms with Crippen molar-refractivity contribution in [3.63, 3.8) is 0 Å². The zero-order valence-corrected chi connectivity index (χ0v) is 8.77. The van der Waals surface area contributed by atoms with Gasteiger partial charge in [0.15, 0.2) is 0 Å². The molecule has 1 heterocycles. The molecule has 0 bridgehead atoms. The van der Waals surface area contributed by atoms with Gasteiger partial charge in [-0.15, -0.1) is 0 Å². The second kappa shape index (κ2) is 5.96. The van der Waals surface area contributed by atoms with Crippen LogP contribution in [0.4, 0.5) is 5.69 Å². The summed E-state index contributed by atoms with van der Waals surface area (Å²) in [4.78, 5) is 6.26. The van der Waals surface area contributed by atoms with Gasteiger partial charge in [-0.05, 0) is 19.2 Å². The van der Waals surface area contributed by atoms with Crippen LogP contribution in [0.3, 0.4) is 0 Å². The maximum absolute atomic E-state index is 8.44. The number of hydrogen-bond acceptors (Lipinski definition) is 5. The topological polar surface area (TPSA) is 78.0 Å². The highest BCUT2D eigenvalue weighted by atomic mass is 15.2. The molecule has 1 aromatic heterocycles. The van der Waals surface area contributed by atoms with Crippen LogP contribution in [0.2, 0.25) is 0 Å². The van der Waals surface area contributed by atoms with Gasteiger partial charge in [0.25, 0.3) is 0 Å². The van der Waals surface area contributed by atoms with Crippen molar-refractivity contribution in [1.82, 2.24) is 9.88 Å². The van der Waals surface area contributed by atoms with E-state index in [0.717, 1.165) is 24.5 Å². The molecular formula is C10H15N5. The summed E-state index contributed by atoms with van der Waals surface area (Å²) in [5, 5.41) is 8.44. The molecule has 0 saturated heterocycles. The Morgan fingerprint density at radius 3 is 3.13 bits per heavy atom. The average Bonchev–Trinajstić information content (AvgIpc) is 2.26. The molecule has 0 aliphatic rings. The van der Waals surface area contributed by atoms with Crippen LogP contribution in [0.5, 0.6) is 0 Å². The van der Waals surface area contributed by atoms with Gasteiger partial charge in [-0.2, -0.15) is 5.26 Å². The number of nitrogens with one attached hydrogen (secondary N) is 1. The molecule has 5 nitrogen and oxygen atoms in total. The number of pyridine rings is 1. The monoisotopic (exact) mass is 205 g/mol. The van der Waals surface area contributed by atoms with Gasteiger partial charge in [0.05, 0.1) is 17.5 Å². The first-order valence-electron chi connectivity index (χ1n) is 4.73. The van der Waals surface area contributed by atoms with Crippen LogP contribution in [0.1, 0.15) is 12.1 Å². The van der Waals surface area contributed by atoms with Crippen LogP contribution in [0.25, 0.3) is 0 Å². The molecule has 5 heteroatoms. The van der Waals surface area contributed by atoms with E-state index in [9.17, 15) is 0 Å². The molecule has 0 aliphatic carbocycles. The lowest BCUT2D eigenvalue weighted by atomic mass is 10.3. The molecule has 15 heavy (non-hydrogen) atoms. The predicted molar refractivity (Wildman–Crippen MR) is 58.6 cm³/mol. The minimum Gasteiger partial charge on any atom is -0.324 e. The first kappa shape index (κ1) is 11.4. The van der Waals surface area contributed by atoms with Crippen molar-refractivity contribution in [2.24, 2.45) is 5.84 Å². The van der Waals surface area contributed by atoms with E-state index < -0.39 is 0 Å². The molecule has 0 radical (unpaired) electrons. The third kappa shape index (κ3) is 3.94. The zero-order valence-electron chi connectivity index (χ0n) is 8.77. The van der Waals surface area contributed by atoms with Crippen LogP contribution in [-0.2, 0) is 6.54 Å². The highest BCUT2D eigenvalue weighted by Crippen LogP contribution is 2.07. The van der Waals surface area contributed by atoms with Crippen LogP contribution < -0.4 is 11.3 Å². The van der Waals surface area contributed by atoms with Crippen LogP contribution in [0.15, 0.2) is 18.3 Å². The van der Waals surface area contributed by atoms with Crippen molar-refractivity contribution in [2.45, 2.75) is 13.0 Å². The molecule has 0 aliphatic heterocycles. The van der Waals surface area contributed by atoms with Gasteiger partial charge in [0.2, 0.25) is 0 Å². The standard InChI is InChI=1S/C10H15N5/c1-15(6-2-4-11)8-10-7-9(14-12)3-5-13-10/h3,5,7H,2,6,8,12H2,1H3,(H,13,14). The maximum Gasteiger partial charge on any atom is 0.0635 e. The maximum atomic E-state index is 8.44. The van der Waals surface area contributed by atoms with Gasteiger partial charge >= 0.3 is 0 Å². The van der Waals surface area contributed by atoms with E-state index in [4.69, 9.17) is 11.1 Å². The highest BCUT2D eigenvalue weighted by Gasteiger charge is 2.01. The fourth-order valence-corrected chi connectivity index (χ4v) is 1.25. The Morgan fingerprint density at radius 1 is 1.67 bits per heavy atom. The summed E-state index contributed by atoms with van der Waals surface area (Å²) in [7, 11) is 1.96. The third-order valence-electron chi connectivity index (χ3n) is 2.02. The minimum absolute atomic E-state index is 0.533. The Labute approximate surface area is 89.5 Å². The van der Waals surface area contributed by atoms with Gasteiger partial charge in [-0.1, -0.05) is 0 Å². The van der Waals surface area contributed by atoms with Gasteiger partial charge in [0.1, 0.15) is 0 Å². The van der Waals surface area contributed by atoms with E-state index in [0.29, 0.717) is 6.42 Å². The van der Waals surface area contributed by atoms with Crippen molar-refractivity contribution in [1.29, 1.82) is 5.26 Å². The number of rotatable bonds is 5. The van der Waals surface area contributed by atoms with Crippen LogP contribution >= 0.6 is 0 Å². The Hall–Kier alpha value is -1.64. The van der Waals surface area contributed by atoms with E-state index in [2.05, 4.69) is 16.5 Å². The molecule has 0 amide bonds. The summed E-state index contributed by atoms with van der Waals surface area (Å²) in [5.74, 6) is 5.30. The number of nitrogens with two attached hydrogens (primary N) is 1. The lowest BCUT2D eigenvalue weighted by molar-refractivity contribution is 0.331. The Bertz CT molecular complexity index is 344. The third-order valence-corrected chi connectivity index (χ3v) is 2.02. The van der Waals surface area contributed by atoms with E-state index >= 15 is 0 Å². The van der Waals surface area contributed by atoms with Gasteiger partial charge < -0.3 is 5.43 Å². The van der Waals surface area contributed by atoms with Crippen molar-refractivity contribution in [2.75, 3.05) is 19.0 Å². The second-order valence-electron chi connectivity index (χ2n) is 3.33. The molecule has 0 spiro atoms. The molecule has 3 N–H and O–H groups in total. The molecule has 0 atom stereocenters. The molecule has 1 aromatic rings. The second-order valence-corrected chi connectivity index (χ2v) is 3.33. The normalized spacial score (nSPS) is 10.0. The van der Waals surface area contributed by atoms with Crippen LogP contribution in [0, 0.1) is 11.3 Å². The number of hydrogen-bond donors (Lipinski definition) is 2. The summed E-state index contributed by atoms with van der Waals surface area (Å²) in [6, 6.07) is 5.81. The fraction of sp³-hybridized carbons (Fsp3) is 0.400. The summed E-state index contributed by atoms with van der Waals surface area (Å²) in [6.07, 6.45) is 2.24. The number of nitrogen functional groups attached to an aromatic ring is 1. The Morgan fingerprint density at radius 2 is 2.47 bits per heavy atom. The number of anilines is 1. The van der Waals surface area contributed by atoms with Gasteiger partial charge in [-0.25, -0.2) is 0 Å². The van der Waals surface area contributed by atoms with E-state index in [1.54, 1.807) is 12.3 Å². The number of nitriles is 1. The van der Waals surface area contributed by atoms with Crippen LogP contribution in [-0.4, -0.2) is 23.5 Å². The molecule has 0 saturated carbocycles. The summed E-state index contributed by atoms with van der Waals surface area (Å²) in [5.41, 5.74) is 4.35. The largest absolute Gasteiger partial charge is 0.324 e. The first-order valence-corrected chi connectivity index (χ1v) is 4.73. The quantitative estimate of drug-likeness (QED) is 0.547. The Kier molecular flexibility index (Phi) is 4.54. The van der Waals surface area contributed by atoms with Crippen molar-refractivity contribution >= 4 is 5.69 Å². The highest BCUT2D eigenvalue weighted by molar-refractivity contribution is 5.41. The molecule has 0 unspecified atom stereocenters. The van der Waals surface area contributed by atoms with Crippen molar-refractivity contribution in [3.05, 3.63) is 24.0 Å². The molecule has 1 rings (SSSR count). The minimum atomic E-state index is 0.533. The molecule has 80 valence electrons. The van der Waals surface area contributed by atoms with Gasteiger partial charge in [0, 0.05) is 25.7 Å². The summed E-state index contributed by atoms with van der Waals surface area (Å²) >= 11 is 0. The van der Waals surface area contributed by atoms with E-state index in [1.165, 1.54) is 0 Å². The smallest absolute Gasteiger partial charge is 0.0635 e. The SMILES string of the molecule is CN(CCC#N)Cc1cc(NN)ccn1. The van der Waals surface area contributed by atoms with Gasteiger partial charge in [-0.3, -0.25) is 15.7 Å². The first-order chi connectivity index (χ1) is 7.26. The van der Waals surface area contributed by atoms with E-state index in [-0.39, 0.29) is 0 Å². The fourth-order valence-electron chi connectivity index (χ4n) is 1.25. The van der Waals surface area contributed by atoms with Crippen molar-refractivity contribution in [3.8, 4) is 6.07 Å². The predicted octanol–water partition coefficient (Wildman–Crippen LogP) is 0.713. The molecular weight excluding hydrogens is 190 g/mol. The van der Waals surface area contributed by atoms with E-state index in [1.807, 2.05) is 18.0 Å². The Balaban J connectivity index is 2.52. The lowest BCUT2D eigenvalue weighted by Crippen LogP contribution is -2.19. The molecule has 0 fully saturated rings. The zero-order chi connectivity index (χ0) is 11.1.